The Hall–Kier alpha value is -0.210. The van der Waals surface area contributed by atoms with Gasteiger partial charge in [0, 0.05) is 5.02 Å². The fourth-order valence-electron chi connectivity index (χ4n) is 3.59. The molecule has 3 aromatic carbocycles. The molecule has 0 heterocycles. The number of hydrogen-bond donors (Lipinski definition) is 0. The molecule has 0 fully saturated rings. The first-order valence-electron chi connectivity index (χ1n) is 9.43. The molecule has 33 heavy (non-hydrogen) atoms. The van der Waals surface area contributed by atoms with E-state index in [1.54, 1.807) is 6.07 Å². The van der Waals surface area contributed by atoms with Crippen LogP contribution in [0.15, 0.2) is 65.3 Å². The van der Waals surface area contributed by atoms with Crippen molar-refractivity contribution in [3.8, 4) is 11.1 Å². The van der Waals surface area contributed by atoms with E-state index in [1.165, 1.54) is 56.7 Å². The summed E-state index contributed by atoms with van der Waals surface area (Å²) in [5.41, 5.74) is 7.88. The van der Waals surface area contributed by atoms with E-state index in [0.29, 0.717) is 16.0 Å². The number of allylic oxidation sites excluding steroid dienone is 4. The van der Waals surface area contributed by atoms with Crippen LogP contribution in [-0.4, -0.2) is 6.88 Å². The third-order valence-corrected chi connectivity index (χ3v) is 5.95. The number of hydrogen-bond acceptors (Lipinski definition) is 0. The second-order valence-electron chi connectivity index (χ2n) is 7.22. The SMILES string of the molecule is CC1=[C-]C(C)C(C)=C1C.Cc1[cH-]c2c(Cl)cc(Cl)cc2c1-c1ccccc1.Cl.Cl.[CH3-].[CH3-].[Si]=[Zr]. The van der Waals surface area contributed by atoms with Gasteiger partial charge in [-0.05, 0) is 5.02 Å². The molecule has 1 aliphatic carbocycles. The van der Waals surface area contributed by atoms with Crippen LogP contribution < -0.4 is 0 Å². The van der Waals surface area contributed by atoms with Gasteiger partial charge in [0.2, 0.25) is 0 Å². The molecule has 0 nitrogen and oxygen atoms in total. The Morgan fingerprint density at radius 3 is 1.91 bits per heavy atom. The molecular weight excluding hydrogens is 585 g/mol. The molecule has 4 rings (SSSR count). The van der Waals surface area contributed by atoms with Crippen LogP contribution in [0.4, 0.5) is 0 Å². The molecule has 1 aliphatic rings. The van der Waals surface area contributed by atoms with E-state index in [9.17, 15) is 0 Å². The monoisotopic (exact) mass is 614 g/mol. The molecule has 1 atom stereocenters. The van der Waals surface area contributed by atoms with Gasteiger partial charge in [-0.2, -0.15) is 11.1 Å². The van der Waals surface area contributed by atoms with Crippen molar-refractivity contribution < 1.29 is 23.3 Å². The summed E-state index contributed by atoms with van der Waals surface area (Å²) in [5, 5.41) is 3.58. The van der Waals surface area contributed by atoms with Crippen molar-refractivity contribution in [2.45, 2.75) is 34.6 Å². The average Bonchev–Trinajstić information content (AvgIpc) is 3.15. The third kappa shape index (κ3) is 9.06. The van der Waals surface area contributed by atoms with Crippen LogP contribution >= 0.6 is 48.0 Å². The molecule has 0 N–H and O–H groups in total. The van der Waals surface area contributed by atoms with E-state index in [4.69, 9.17) is 23.2 Å². The quantitative estimate of drug-likeness (QED) is 0.188. The zero-order chi connectivity index (χ0) is 21.7. The van der Waals surface area contributed by atoms with Crippen molar-refractivity contribution in [1.82, 2.24) is 0 Å². The molecule has 180 valence electrons. The van der Waals surface area contributed by atoms with E-state index in [2.05, 4.69) is 65.8 Å². The maximum atomic E-state index is 6.25. The number of rotatable bonds is 1. The first-order valence-corrected chi connectivity index (χ1v) is 14.4. The van der Waals surface area contributed by atoms with Gasteiger partial charge < -0.3 is 14.9 Å². The predicted octanol–water partition coefficient (Wildman–Crippen LogP) is 9.92. The minimum absolute atomic E-state index is 0. The molecule has 6 heteroatoms. The van der Waals surface area contributed by atoms with E-state index < -0.39 is 0 Å². The van der Waals surface area contributed by atoms with Crippen LogP contribution in [-0.2, 0) is 23.3 Å². The number of aryl methyl sites for hydroxylation is 1. The summed E-state index contributed by atoms with van der Waals surface area (Å²) in [6.45, 7) is 13.8. The first kappa shape index (κ1) is 37.3. The van der Waals surface area contributed by atoms with Crippen molar-refractivity contribution in [2.75, 3.05) is 0 Å². The maximum absolute atomic E-state index is 6.25. The normalized spacial score (nSPS) is 13.5. The van der Waals surface area contributed by atoms with Crippen LogP contribution in [0.2, 0.25) is 10.0 Å². The van der Waals surface area contributed by atoms with Crippen molar-refractivity contribution in [1.29, 1.82) is 0 Å². The van der Waals surface area contributed by atoms with Crippen molar-refractivity contribution >= 4 is 65.7 Å². The summed E-state index contributed by atoms with van der Waals surface area (Å²) < 4.78 is 0. The Labute approximate surface area is 240 Å². The minimum atomic E-state index is 0. The predicted molar refractivity (Wildman–Crippen MR) is 153 cm³/mol. The molecule has 0 spiro atoms. The summed E-state index contributed by atoms with van der Waals surface area (Å²) in [4.78, 5) is 0. The molecule has 0 bridgehead atoms. The molecule has 1 unspecified atom stereocenters. The summed E-state index contributed by atoms with van der Waals surface area (Å²) >= 11 is 13.7. The van der Waals surface area contributed by atoms with Gasteiger partial charge in [0.05, 0.1) is 0 Å². The second kappa shape index (κ2) is 17.3. The zero-order valence-corrected chi connectivity index (χ0v) is 26.9. The Balaban J connectivity index is -0.000000522. The molecule has 2 radical (unpaired) electrons. The van der Waals surface area contributed by atoms with Crippen LogP contribution in [0.1, 0.15) is 33.3 Å². The molecule has 0 aliphatic heterocycles. The van der Waals surface area contributed by atoms with Crippen molar-refractivity contribution in [3.05, 3.63) is 102 Å². The van der Waals surface area contributed by atoms with Crippen LogP contribution in [0.25, 0.3) is 21.9 Å². The van der Waals surface area contributed by atoms with Crippen molar-refractivity contribution in [2.24, 2.45) is 5.92 Å². The fourth-order valence-corrected chi connectivity index (χ4v) is 4.14. The van der Waals surface area contributed by atoms with Gasteiger partial charge in [0.1, 0.15) is 0 Å². The molecule has 0 aromatic heterocycles. The van der Waals surface area contributed by atoms with Gasteiger partial charge in [-0.3, -0.25) is 6.08 Å². The Bertz CT molecular complexity index is 1070. The number of benzene rings is 2. The molecular formula is C27H32Cl4SiZr-4. The summed E-state index contributed by atoms with van der Waals surface area (Å²) in [5.74, 6) is 0.560. The van der Waals surface area contributed by atoms with Crippen LogP contribution in [0, 0.1) is 33.8 Å². The van der Waals surface area contributed by atoms with E-state index >= 15 is 0 Å². The van der Waals surface area contributed by atoms with Crippen LogP contribution in [0.5, 0.6) is 0 Å². The fraction of sp³-hybridized carbons (Fsp3) is 0.222. The van der Waals surface area contributed by atoms with Crippen LogP contribution in [0.3, 0.4) is 0 Å². The summed E-state index contributed by atoms with van der Waals surface area (Å²) in [6.07, 6.45) is 3.36. The Morgan fingerprint density at radius 2 is 1.48 bits per heavy atom. The number of fused-ring (bicyclic) bond motifs is 1. The Kier molecular flexibility index (Phi) is 19.5. The van der Waals surface area contributed by atoms with Gasteiger partial charge in [0.15, 0.2) is 0 Å². The molecule has 0 saturated heterocycles. The molecule has 0 saturated carbocycles. The van der Waals surface area contributed by atoms with Gasteiger partial charge >= 0.3 is 30.2 Å². The van der Waals surface area contributed by atoms with E-state index in [0.717, 1.165) is 10.8 Å². The molecule has 0 amide bonds. The summed E-state index contributed by atoms with van der Waals surface area (Å²) in [6, 6.07) is 16.2. The zero-order valence-electron chi connectivity index (χ0n) is 20.3. The van der Waals surface area contributed by atoms with E-state index in [-0.39, 0.29) is 39.7 Å². The second-order valence-corrected chi connectivity index (χ2v) is 8.06. The summed E-state index contributed by atoms with van der Waals surface area (Å²) in [7, 11) is 0. The first-order chi connectivity index (χ1) is 13.8. The third-order valence-electron chi connectivity index (χ3n) is 5.42. The van der Waals surface area contributed by atoms with Gasteiger partial charge in [-0.25, -0.2) is 5.57 Å². The van der Waals surface area contributed by atoms with Gasteiger partial charge in [0.25, 0.3) is 0 Å². The standard InChI is InChI=1S/C16H11Cl2.C9H13.2CH3.2ClH.Si.Zr/c1-10-7-13-14(8-12(17)9-15(13)18)16(10)11-5-3-2-4-6-11;1-6-5-7(2)9(4)8(6)3;;;;;;/h2-9H,1H3;6H,1-4H3;2*1H3;2*1H;;/q4*-1;;;;. The topological polar surface area (TPSA) is 0 Å². The van der Waals surface area contributed by atoms with Gasteiger partial charge in [-0.15, -0.1) is 71.3 Å². The van der Waals surface area contributed by atoms with E-state index in [1.807, 2.05) is 24.3 Å². The molecule has 3 aromatic rings. The van der Waals surface area contributed by atoms with Gasteiger partial charge in [-0.1, -0.05) is 93.2 Å². The van der Waals surface area contributed by atoms with Crippen molar-refractivity contribution in [3.63, 3.8) is 0 Å². The number of halogens is 4. The Morgan fingerprint density at radius 1 is 0.939 bits per heavy atom. The average molecular weight is 618 g/mol.